The van der Waals surface area contributed by atoms with Crippen LogP contribution in [0.2, 0.25) is 0 Å². The Morgan fingerprint density at radius 1 is 1.06 bits per heavy atom. The van der Waals surface area contributed by atoms with Crippen molar-refractivity contribution >= 4 is 0 Å². The minimum Gasteiger partial charge on any atom is -0.285 e. The molecule has 0 aromatic carbocycles. The summed E-state index contributed by atoms with van der Waals surface area (Å²) < 4.78 is 0. The zero-order valence-electron chi connectivity index (χ0n) is 10.7. The van der Waals surface area contributed by atoms with E-state index in [9.17, 15) is 0 Å². The highest BCUT2D eigenvalue weighted by Gasteiger charge is 2.06. The van der Waals surface area contributed by atoms with E-state index in [0.717, 1.165) is 19.6 Å². The van der Waals surface area contributed by atoms with Crippen LogP contribution in [-0.2, 0) is 0 Å². The first kappa shape index (κ1) is 14.0. The van der Waals surface area contributed by atoms with Crippen molar-refractivity contribution in [1.29, 1.82) is 0 Å². The molecule has 0 aliphatic heterocycles. The minimum absolute atomic E-state index is 0.740. The van der Waals surface area contributed by atoms with Crippen LogP contribution >= 0.6 is 0 Å². The topological polar surface area (TPSA) is 3.24 Å². The highest BCUT2D eigenvalue weighted by molar-refractivity contribution is 5.80. The maximum absolute atomic E-state index is 3.67. The summed E-state index contributed by atoms with van der Waals surface area (Å²) >= 11 is 0. The molecule has 0 saturated carbocycles. The van der Waals surface area contributed by atoms with Gasteiger partial charge in [0.25, 0.3) is 0 Å². The molecule has 0 fully saturated rings. The zero-order chi connectivity index (χ0) is 13.2. The van der Waals surface area contributed by atoms with Crippen LogP contribution in [0, 0.1) is 11.8 Å². The standard InChI is InChI=1S/C11H15N.C6H4/c1-4-7-8-11-12(9-5-2)10-6-3;1-2-5-4-6(5)3-1/h4-6H,1-3,9-11H2;1-4H. The Bertz CT molecular complexity index is 447. The summed E-state index contributed by atoms with van der Waals surface area (Å²) in [5.41, 5.74) is 2.85. The van der Waals surface area contributed by atoms with E-state index in [2.05, 4.69) is 60.7 Å². The van der Waals surface area contributed by atoms with Crippen LogP contribution in [0.25, 0.3) is 11.1 Å². The molecular formula is C17H19N. The van der Waals surface area contributed by atoms with Crippen molar-refractivity contribution in [2.24, 2.45) is 0 Å². The molecule has 0 heterocycles. The quantitative estimate of drug-likeness (QED) is 0.568. The van der Waals surface area contributed by atoms with Crippen molar-refractivity contribution in [2.45, 2.75) is 0 Å². The summed E-state index contributed by atoms with van der Waals surface area (Å²) in [6, 6.07) is 8.48. The van der Waals surface area contributed by atoms with Crippen molar-refractivity contribution in [3.8, 4) is 23.0 Å². The molecule has 0 aromatic heterocycles. The molecule has 1 nitrogen and oxygen atoms in total. The smallest absolute Gasteiger partial charge is 0.0610 e. The van der Waals surface area contributed by atoms with Gasteiger partial charge in [-0.15, -0.1) is 13.2 Å². The van der Waals surface area contributed by atoms with E-state index in [-0.39, 0.29) is 0 Å². The van der Waals surface area contributed by atoms with Crippen LogP contribution in [-0.4, -0.2) is 24.5 Å². The van der Waals surface area contributed by atoms with Gasteiger partial charge >= 0.3 is 0 Å². The summed E-state index contributed by atoms with van der Waals surface area (Å²) in [4.78, 5) is 2.14. The van der Waals surface area contributed by atoms with E-state index in [1.807, 2.05) is 12.2 Å². The van der Waals surface area contributed by atoms with Gasteiger partial charge in [-0.1, -0.05) is 48.8 Å². The van der Waals surface area contributed by atoms with Gasteiger partial charge in [0, 0.05) is 13.1 Å². The fourth-order valence-corrected chi connectivity index (χ4v) is 1.47. The Morgan fingerprint density at radius 3 is 2.00 bits per heavy atom. The summed E-state index contributed by atoms with van der Waals surface area (Å²) in [6.07, 6.45) is 5.32. The molecule has 0 saturated heterocycles. The molecule has 0 N–H and O–H groups in total. The predicted molar refractivity (Wildman–Crippen MR) is 80.2 cm³/mol. The van der Waals surface area contributed by atoms with E-state index in [1.165, 1.54) is 11.1 Å². The Morgan fingerprint density at radius 2 is 1.67 bits per heavy atom. The molecule has 2 rings (SSSR count). The third kappa shape index (κ3) is 5.34. The van der Waals surface area contributed by atoms with Gasteiger partial charge in [0.15, 0.2) is 0 Å². The van der Waals surface area contributed by atoms with Gasteiger partial charge in [-0.3, -0.25) is 4.90 Å². The average molecular weight is 237 g/mol. The van der Waals surface area contributed by atoms with Gasteiger partial charge in [-0.25, -0.2) is 0 Å². The van der Waals surface area contributed by atoms with Crippen molar-refractivity contribution in [3.63, 3.8) is 0 Å². The fourth-order valence-electron chi connectivity index (χ4n) is 1.47. The summed E-state index contributed by atoms with van der Waals surface area (Å²) in [5.74, 6) is 5.77. The molecule has 18 heavy (non-hydrogen) atoms. The second-order valence-electron chi connectivity index (χ2n) is 3.88. The first-order valence-corrected chi connectivity index (χ1v) is 5.95. The third-order valence-electron chi connectivity index (χ3n) is 2.39. The number of benzene rings is 1. The molecule has 2 aliphatic rings. The Labute approximate surface area is 110 Å². The largest absolute Gasteiger partial charge is 0.285 e. The van der Waals surface area contributed by atoms with Gasteiger partial charge in [-0.2, -0.15) is 0 Å². The lowest BCUT2D eigenvalue weighted by Gasteiger charge is -2.14. The van der Waals surface area contributed by atoms with Gasteiger partial charge in [0.1, 0.15) is 0 Å². The normalized spacial score (nSPS) is 9.39. The fraction of sp³-hybridized carbons (Fsp3) is 0.176. The molecule has 0 radical (unpaired) electrons. The number of rotatable bonds is 5. The number of nitrogens with zero attached hydrogens (tertiary/aromatic N) is 1. The molecule has 0 amide bonds. The summed E-state index contributed by atoms with van der Waals surface area (Å²) in [7, 11) is 0. The maximum Gasteiger partial charge on any atom is 0.0610 e. The Balaban J connectivity index is 0.000000217. The first-order chi connectivity index (χ1) is 8.81. The highest BCUT2D eigenvalue weighted by Crippen LogP contribution is 2.32. The number of hydrogen-bond donors (Lipinski definition) is 0. The van der Waals surface area contributed by atoms with Crippen molar-refractivity contribution in [1.82, 2.24) is 4.90 Å². The molecule has 0 spiro atoms. The van der Waals surface area contributed by atoms with Crippen LogP contribution in [0.4, 0.5) is 0 Å². The van der Waals surface area contributed by atoms with Crippen LogP contribution in [0.3, 0.4) is 0 Å². The monoisotopic (exact) mass is 237 g/mol. The minimum atomic E-state index is 0.740. The number of allylic oxidation sites excluding steroid dienone is 1. The summed E-state index contributed by atoms with van der Waals surface area (Å²) in [6.45, 7) is 13.3. The number of hydrogen-bond acceptors (Lipinski definition) is 1. The van der Waals surface area contributed by atoms with E-state index >= 15 is 0 Å². The Hall–Kier alpha value is -2.04. The highest BCUT2D eigenvalue weighted by atomic mass is 15.1. The molecule has 0 bridgehead atoms. The number of fused-ring (bicyclic) bond motifs is 1. The molecule has 0 unspecified atom stereocenters. The van der Waals surface area contributed by atoms with E-state index in [0.29, 0.717) is 0 Å². The van der Waals surface area contributed by atoms with Gasteiger partial charge in [0.05, 0.1) is 6.54 Å². The van der Waals surface area contributed by atoms with Crippen LogP contribution < -0.4 is 0 Å². The van der Waals surface area contributed by atoms with Crippen LogP contribution in [0.1, 0.15) is 0 Å². The molecule has 0 aromatic rings. The lowest BCUT2D eigenvalue weighted by Crippen LogP contribution is -2.24. The lowest BCUT2D eigenvalue weighted by molar-refractivity contribution is 0.379. The molecular weight excluding hydrogens is 218 g/mol. The van der Waals surface area contributed by atoms with E-state index in [1.54, 1.807) is 6.08 Å². The van der Waals surface area contributed by atoms with E-state index < -0.39 is 0 Å². The zero-order valence-corrected chi connectivity index (χ0v) is 10.7. The Kier molecular flexibility index (Phi) is 6.32. The summed E-state index contributed by atoms with van der Waals surface area (Å²) in [5, 5.41) is 0. The van der Waals surface area contributed by atoms with E-state index in [4.69, 9.17) is 0 Å². The molecule has 92 valence electrons. The van der Waals surface area contributed by atoms with Crippen LogP contribution in [0.15, 0.2) is 62.2 Å². The first-order valence-electron chi connectivity index (χ1n) is 5.95. The molecule has 1 heteroatoms. The van der Waals surface area contributed by atoms with Gasteiger partial charge < -0.3 is 0 Å². The van der Waals surface area contributed by atoms with Crippen LogP contribution in [0.5, 0.6) is 0 Å². The SMILES string of the molecule is C=CC#CCN(CC=C)CC=C.c1cc2cc-2c1. The third-order valence-corrected chi connectivity index (χ3v) is 2.39. The lowest BCUT2D eigenvalue weighted by atomic mass is 10.4. The second-order valence-corrected chi connectivity index (χ2v) is 3.88. The molecule has 0 atom stereocenters. The maximum atomic E-state index is 3.67. The van der Waals surface area contributed by atoms with Crippen molar-refractivity contribution < 1.29 is 0 Å². The second kappa shape index (κ2) is 8.11. The molecule has 2 aliphatic carbocycles. The van der Waals surface area contributed by atoms with Gasteiger partial charge in [0.2, 0.25) is 0 Å². The average Bonchev–Trinajstić information content (AvgIpc) is 2.98. The van der Waals surface area contributed by atoms with Gasteiger partial charge in [-0.05, 0) is 23.3 Å². The van der Waals surface area contributed by atoms with Crippen molar-refractivity contribution in [3.05, 3.63) is 62.2 Å². The van der Waals surface area contributed by atoms with Crippen molar-refractivity contribution in [2.75, 3.05) is 19.6 Å². The predicted octanol–water partition coefficient (Wildman–Crippen LogP) is 3.52.